The van der Waals surface area contributed by atoms with Crippen LogP contribution in [0.1, 0.15) is 27.3 Å². The number of hydrogen-bond donors (Lipinski definition) is 3. The first-order valence-corrected chi connectivity index (χ1v) is 8.16. The third-order valence-electron chi connectivity index (χ3n) is 3.98. The molecule has 134 valence electrons. The minimum Gasteiger partial charge on any atom is -0.360 e. The van der Waals surface area contributed by atoms with Crippen molar-refractivity contribution in [3.8, 4) is 6.07 Å². The molecule has 3 rings (SSSR count). The normalized spacial score (nSPS) is 10.9. The topological polar surface area (TPSA) is 119 Å². The Morgan fingerprint density at radius 1 is 1.15 bits per heavy atom. The number of aromatic amines is 1. The van der Waals surface area contributed by atoms with Crippen LogP contribution in [0, 0.1) is 25.2 Å². The molecule has 0 spiro atoms. The lowest BCUT2D eigenvalue weighted by molar-refractivity contribution is 0.102. The number of allylic oxidation sites excluding steroid dienone is 1. The van der Waals surface area contributed by atoms with Crippen molar-refractivity contribution in [1.29, 1.82) is 5.26 Å². The van der Waals surface area contributed by atoms with Gasteiger partial charge in [0, 0.05) is 23.1 Å². The maximum absolute atomic E-state index is 12.5. The van der Waals surface area contributed by atoms with E-state index in [1.54, 1.807) is 24.3 Å². The fraction of sp³-hybridized carbons (Fsp3) is 0.105. The number of nitrogens with zero attached hydrogens (tertiary/aromatic N) is 4. The number of benzene rings is 2. The third-order valence-corrected chi connectivity index (χ3v) is 3.98. The van der Waals surface area contributed by atoms with Gasteiger partial charge < -0.3 is 10.6 Å². The zero-order valence-electron chi connectivity index (χ0n) is 14.8. The van der Waals surface area contributed by atoms with Crippen LogP contribution in [-0.2, 0) is 0 Å². The Morgan fingerprint density at radius 3 is 2.70 bits per heavy atom. The molecule has 27 heavy (non-hydrogen) atoms. The van der Waals surface area contributed by atoms with Crippen molar-refractivity contribution in [2.75, 3.05) is 10.6 Å². The van der Waals surface area contributed by atoms with Gasteiger partial charge in [-0.05, 0) is 60.5 Å². The molecule has 1 aromatic heterocycles. The second-order valence-corrected chi connectivity index (χ2v) is 5.88. The quantitative estimate of drug-likeness (QED) is 0.602. The predicted octanol–water partition coefficient (Wildman–Crippen LogP) is 3.05. The average molecular weight is 359 g/mol. The molecule has 8 nitrogen and oxygen atoms in total. The molecule has 2 aromatic carbocycles. The Balaban J connectivity index is 1.74. The number of nitriles is 1. The molecule has 0 saturated carbocycles. The Hall–Kier alpha value is -3.99. The number of aryl methyl sites for hydroxylation is 2. The summed E-state index contributed by atoms with van der Waals surface area (Å²) in [6, 6.07) is 14.7. The lowest BCUT2D eigenvalue weighted by Crippen LogP contribution is -2.12. The molecule has 0 saturated heterocycles. The van der Waals surface area contributed by atoms with Crippen molar-refractivity contribution < 1.29 is 4.79 Å². The highest BCUT2D eigenvalue weighted by atomic mass is 16.1. The number of amides is 1. The van der Waals surface area contributed by atoms with Crippen molar-refractivity contribution in [3.63, 3.8) is 0 Å². The number of carbonyl (C=O) groups excluding carboxylic acids is 1. The summed E-state index contributed by atoms with van der Waals surface area (Å²) in [5.41, 5.74) is 4.38. The van der Waals surface area contributed by atoms with Gasteiger partial charge in [0.15, 0.2) is 0 Å². The van der Waals surface area contributed by atoms with Gasteiger partial charge in [-0.2, -0.15) is 10.5 Å². The lowest BCUT2D eigenvalue weighted by Gasteiger charge is -2.09. The Kier molecular flexibility index (Phi) is 5.23. The van der Waals surface area contributed by atoms with Crippen molar-refractivity contribution >= 4 is 22.9 Å². The molecule has 1 amide bonds. The standard InChI is InChI=1S/C19H17N7O/c1-12-6-7-17(8-13(12)2)22-19(27)14-4-3-5-16(9-14)21-11-15(10-20)18-23-25-26-24-18/h3-9,11,21H,1-2H3,(H,22,27)(H,23,24,25,26). The van der Waals surface area contributed by atoms with Crippen LogP contribution in [0.2, 0.25) is 0 Å². The minimum absolute atomic E-state index is 0.189. The number of nitrogens with one attached hydrogen (secondary N) is 3. The maximum Gasteiger partial charge on any atom is 0.255 e. The van der Waals surface area contributed by atoms with Crippen molar-refractivity contribution in [2.24, 2.45) is 0 Å². The molecule has 3 aromatic rings. The summed E-state index contributed by atoms with van der Waals surface area (Å²) in [4.78, 5) is 12.5. The van der Waals surface area contributed by atoms with E-state index in [4.69, 9.17) is 0 Å². The average Bonchev–Trinajstić information content (AvgIpc) is 3.20. The highest BCUT2D eigenvalue weighted by molar-refractivity contribution is 6.04. The van der Waals surface area contributed by atoms with Gasteiger partial charge in [0.05, 0.1) is 0 Å². The number of rotatable bonds is 5. The van der Waals surface area contributed by atoms with E-state index in [1.165, 1.54) is 11.8 Å². The number of anilines is 2. The smallest absolute Gasteiger partial charge is 0.255 e. The molecule has 8 heteroatoms. The van der Waals surface area contributed by atoms with Gasteiger partial charge in [0.25, 0.3) is 5.91 Å². The first kappa shape index (κ1) is 17.8. The molecule has 0 aliphatic rings. The van der Waals surface area contributed by atoms with Gasteiger partial charge >= 0.3 is 0 Å². The third kappa shape index (κ3) is 4.35. The summed E-state index contributed by atoms with van der Waals surface area (Å²) >= 11 is 0. The van der Waals surface area contributed by atoms with Gasteiger partial charge in [-0.3, -0.25) is 4.79 Å². The molecular formula is C19H17N7O. The van der Waals surface area contributed by atoms with E-state index in [1.807, 2.05) is 38.1 Å². The summed E-state index contributed by atoms with van der Waals surface area (Å²) in [6.45, 7) is 4.02. The molecule has 1 heterocycles. The SMILES string of the molecule is Cc1ccc(NC(=O)c2cccc(NC=C(C#N)c3nn[nH]n3)c2)cc1C. The number of carbonyl (C=O) groups is 1. The number of hydrogen-bond acceptors (Lipinski definition) is 6. The van der Waals surface area contributed by atoms with Gasteiger partial charge in [-0.25, -0.2) is 0 Å². The predicted molar refractivity (Wildman–Crippen MR) is 102 cm³/mol. The lowest BCUT2D eigenvalue weighted by atomic mass is 10.1. The Labute approximate surface area is 155 Å². The number of tetrazole rings is 1. The molecule has 3 N–H and O–H groups in total. The van der Waals surface area contributed by atoms with E-state index >= 15 is 0 Å². The largest absolute Gasteiger partial charge is 0.360 e. The summed E-state index contributed by atoms with van der Waals surface area (Å²) in [5, 5.41) is 28.3. The van der Waals surface area contributed by atoms with Crippen molar-refractivity contribution in [1.82, 2.24) is 20.6 Å². The van der Waals surface area contributed by atoms with Crippen LogP contribution in [0.3, 0.4) is 0 Å². The fourth-order valence-electron chi connectivity index (χ4n) is 2.35. The second kappa shape index (κ2) is 7.93. The van der Waals surface area contributed by atoms with E-state index in [2.05, 4.69) is 31.3 Å². The number of H-pyrrole nitrogens is 1. The Bertz CT molecular complexity index is 1030. The van der Waals surface area contributed by atoms with Crippen LogP contribution < -0.4 is 10.6 Å². The summed E-state index contributed by atoms with van der Waals surface area (Å²) < 4.78 is 0. The van der Waals surface area contributed by atoms with Crippen LogP contribution in [0.5, 0.6) is 0 Å². The van der Waals surface area contributed by atoms with Crippen molar-refractivity contribution in [2.45, 2.75) is 13.8 Å². The van der Waals surface area contributed by atoms with Crippen LogP contribution in [0.25, 0.3) is 5.57 Å². The second-order valence-electron chi connectivity index (χ2n) is 5.88. The van der Waals surface area contributed by atoms with Gasteiger partial charge in [-0.15, -0.1) is 10.2 Å². The summed E-state index contributed by atoms with van der Waals surface area (Å²) in [7, 11) is 0. The van der Waals surface area contributed by atoms with Crippen LogP contribution in [-0.4, -0.2) is 26.5 Å². The fourth-order valence-corrected chi connectivity index (χ4v) is 2.35. The van der Waals surface area contributed by atoms with Crippen LogP contribution in [0.15, 0.2) is 48.7 Å². The first-order chi connectivity index (χ1) is 13.1. The Morgan fingerprint density at radius 2 is 2.00 bits per heavy atom. The van der Waals surface area contributed by atoms with Gasteiger partial charge in [-0.1, -0.05) is 12.1 Å². The molecule has 0 bridgehead atoms. The van der Waals surface area contributed by atoms with E-state index in [0.29, 0.717) is 11.3 Å². The number of aromatic nitrogens is 4. The molecule has 0 atom stereocenters. The summed E-state index contributed by atoms with van der Waals surface area (Å²) in [5.74, 6) is -0.0294. The highest BCUT2D eigenvalue weighted by Gasteiger charge is 2.08. The highest BCUT2D eigenvalue weighted by Crippen LogP contribution is 2.17. The zero-order valence-corrected chi connectivity index (χ0v) is 14.8. The minimum atomic E-state index is -0.218. The van der Waals surface area contributed by atoms with Gasteiger partial charge in [0.1, 0.15) is 11.6 Å². The van der Waals surface area contributed by atoms with Crippen LogP contribution in [0.4, 0.5) is 11.4 Å². The molecule has 0 unspecified atom stereocenters. The monoisotopic (exact) mass is 359 g/mol. The van der Waals surface area contributed by atoms with Crippen molar-refractivity contribution in [3.05, 3.63) is 71.2 Å². The van der Waals surface area contributed by atoms with E-state index in [0.717, 1.165) is 11.3 Å². The van der Waals surface area contributed by atoms with E-state index in [9.17, 15) is 10.1 Å². The maximum atomic E-state index is 12.5. The summed E-state index contributed by atoms with van der Waals surface area (Å²) in [6.07, 6.45) is 1.46. The molecular weight excluding hydrogens is 342 g/mol. The van der Waals surface area contributed by atoms with Crippen LogP contribution >= 0.6 is 0 Å². The zero-order chi connectivity index (χ0) is 19.2. The van der Waals surface area contributed by atoms with E-state index in [-0.39, 0.29) is 17.3 Å². The molecule has 0 aliphatic carbocycles. The molecule has 0 fully saturated rings. The van der Waals surface area contributed by atoms with Gasteiger partial charge in [0.2, 0.25) is 5.82 Å². The van der Waals surface area contributed by atoms with E-state index < -0.39 is 0 Å². The molecule has 0 radical (unpaired) electrons. The molecule has 0 aliphatic heterocycles. The first-order valence-electron chi connectivity index (χ1n) is 8.16.